The summed E-state index contributed by atoms with van der Waals surface area (Å²) in [5.41, 5.74) is 0.583. The molecule has 0 aromatic carbocycles. The summed E-state index contributed by atoms with van der Waals surface area (Å²) in [6.07, 6.45) is 3.20. The van der Waals surface area contributed by atoms with Crippen LogP contribution in [0.4, 0.5) is 0 Å². The van der Waals surface area contributed by atoms with Crippen molar-refractivity contribution in [2.24, 2.45) is 0 Å². The second kappa shape index (κ2) is 6.29. The predicted molar refractivity (Wildman–Crippen MR) is 68.6 cm³/mol. The molecule has 1 aromatic heterocycles. The van der Waals surface area contributed by atoms with Crippen LogP contribution in [0.15, 0.2) is 24.5 Å². The van der Waals surface area contributed by atoms with Crippen molar-refractivity contribution in [2.75, 3.05) is 39.9 Å². The number of amides is 2. The fourth-order valence-corrected chi connectivity index (χ4v) is 2.05. The molecule has 1 fully saturated rings. The van der Waals surface area contributed by atoms with Gasteiger partial charge in [0, 0.05) is 45.7 Å². The highest BCUT2D eigenvalue weighted by Crippen LogP contribution is 2.08. The second-order valence-corrected chi connectivity index (χ2v) is 4.35. The number of hydrogen-bond donors (Lipinski definition) is 0. The summed E-state index contributed by atoms with van der Waals surface area (Å²) in [6, 6.07) is 3.49. The fourth-order valence-electron chi connectivity index (χ4n) is 2.05. The molecular formula is C13H17N3O3. The largest absolute Gasteiger partial charge is 0.375 e. The van der Waals surface area contributed by atoms with Gasteiger partial charge in [-0.15, -0.1) is 0 Å². The minimum Gasteiger partial charge on any atom is -0.375 e. The quantitative estimate of drug-likeness (QED) is 0.771. The van der Waals surface area contributed by atoms with Crippen LogP contribution >= 0.6 is 0 Å². The SMILES string of the molecule is COCC(=O)N1CCN(C(=O)c2cccnc2)CC1. The molecule has 1 aliphatic heterocycles. The number of rotatable bonds is 3. The number of hydrogen-bond acceptors (Lipinski definition) is 4. The van der Waals surface area contributed by atoms with E-state index < -0.39 is 0 Å². The summed E-state index contributed by atoms with van der Waals surface area (Å²) in [5, 5.41) is 0. The van der Waals surface area contributed by atoms with E-state index in [4.69, 9.17) is 4.74 Å². The molecule has 0 spiro atoms. The van der Waals surface area contributed by atoms with Crippen LogP contribution in [0.1, 0.15) is 10.4 Å². The van der Waals surface area contributed by atoms with Crippen LogP contribution < -0.4 is 0 Å². The minimum atomic E-state index is -0.0352. The molecule has 0 atom stereocenters. The molecule has 0 N–H and O–H groups in total. The Hall–Kier alpha value is -1.95. The predicted octanol–water partition coefficient (Wildman–Crippen LogP) is 0.0124. The van der Waals surface area contributed by atoms with Crippen LogP contribution in [-0.4, -0.2) is 66.5 Å². The van der Waals surface area contributed by atoms with E-state index in [-0.39, 0.29) is 18.4 Å². The van der Waals surface area contributed by atoms with Gasteiger partial charge in [0.25, 0.3) is 5.91 Å². The van der Waals surface area contributed by atoms with Gasteiger partial charge in [0.05, 0.1) is 5.56 Å². The third kappa shape index (κ3) is 3.29. The van der Waals surface area contributed by atoms with Gasteiger partial charge in [0.1, 0.15) is 6.61 Å². The van der Waals surface area contributed by atoms with Gasteiger partial charge in [-0.2, -0.15) is 0 Å². The Labute approximate surface area is 112 Å². The number of methoxy groups -OCH3 is 1. The number of carbonyl (C=O) groups excluding carboxylic acids is 2. The summed E-state index contributed by atoms with van der Waals surface area (Å²) in [7, 11) is 1.50. The van der Waals surface area contributed by atoms with Gasteiger partial charge in [-0.1, -0.05) is 0 Å². The highest BCUT2D eigenvalue weighted by atomic mass is 16.5. The topological polar surface area (TPSA) is 62.7 Å². The number of nitrogens with zero attached hydrogens (tertiary/aromatic N) is 3. The normalized spacial score (nSPS) is 15.4. The minimum absolute atomic E-state index is 0.0315. The van der Waals surface area contributed by atoms with E-state index >= 15 is 0 Å². The highest BCUT2D eigenvalue weighted by molar-refractivity contribution is 5.94. The average Bonchev–Trinajstić information content (AvgIpc) is 2.48. The maximum Gasteiger partial charge on any atom is 0.255 e. The maximum absolute atomic E-state index is 12.2. The standard InChI is InChI=1S/C13H17N3O3/c1-19-10-12(17)15-5-7-16(8-6-15)13(18)11-3-2-4-14-9-11/h2-4,9H,5-8,10H2,1H3. The molecule has 6 heteroatoms. The van der Waals surface area contributed by atoms with Crippen LogP contribution in [0.3, 0.4) is 0 Å². The molecule has 0 bridgehead atoms. The third-order valence-corrected chi connectivity index (χ3v) is 3.10. The first-order valence-electron chi connectivity index (χ1n) is 6.18. The van der Waals surface area contributed by atoms with Gasteiger partial charge >= 0.3 is 0 Å². The smallest absolute Gasteiger partial charge is 0.255 e. The molecule has 2 rings (SSSR count). The van der Waals surface area contributed by atoms with Gasteiger partial charge in [-0.25, -0.2) is 0 Å². The summed E-state index contributed by atoms with van der Waals surface area (Å²) in [6.45, 7) is 2.28. The summed E-state index contributed by atoms with van der Waals surface area (Å²) in [5.74, 6) is -0.0667. The lowest BCUT2D eigenvalue weighted by Gasteiger charge is -2.34. The Balaban J connectivity index is 1.90. The first kappa shape index (κ1) is 13.5. The number of aromatic nitrogens is 1. The van der Waals surface area contributed by atoms with Crippen molar-refractivity contribution in [3.05, 3.63) is 30.1 Å². The van der Waals surface area contributed by atoms with Crippen LogP contribution in [0, 0.1) is 0 Å². The lowest BCUT2D eigenvalue weighted by atomic mass is 10.2. The van der Waals surface area contributed by atoms with E-state index in [0.29, 0.717) is 31.7 Å². The van der Waals surface area contributed by atoms with Crippen LogP contribution in [0.5, 0.6) is 0 Å². The lowest BCUT2D eigenvalue weighted by Crippen LogP contribution is -2.51. The zero-order chi connectivity index (χ0) is 13.7. The summed E-state index contributed by atoms with van der Waals surface area (Å²) in [4.78, 5) is 31.2. The van der Waals surface area contributed by atoms with Crippen molar-refractivity contribution in [3.8, 4) is 0 Å². The molecule has 102 valence electrons. The Bertz CT molecular complexity index is 442. The molecule has 1 aliphatic rings. The molecule has 0 radical (unpaired) electrons. The number of pyridine rings is 1. The van der Waals surface area contributed by atoms with Gasteiger partial charge < -0.3 is 14.5 Å². The second-order valence-electron chi connectivity index (χ2n) is 4.35. The fraction of sp³-hybridized carbons (Fsp3) is 0.462. The van der Waals surface area contributed by atoms with E-state index in [1.807, 2.05) is 0 Å². The highest BCUT2D eigenvalue weighted by Gasteiger charge is 2.24. The zero-order valence-electron chi connectivity index (χ0n) is 10.9. The Morgan fingerprint density at radius 1 is 1.26 bits per heavy atom. The van der Waals surface area contributed by atoms with Gasteiger partial charge in [-0.3, -0.25) is 14.6 Å². The Kier molecular flexibility index (Phi) is 4.46. The molecule has 0 aliphatic carbocycles. The molecule has 0 unspecified atom stereocenters. The van der Waals surface area contributed by atoms with Crippen LogP contribution in [0.25, 0.3) is 0 Å². The van der Waals surface area contributed by atoms with Gasteiger partial charge in [0.15, 0.2) is 0 Å². The van der Waals surface area contributed by atoms with E-state index in [1.54, 1.807) is 34.3 Å². The van der Waals surface area contributed by atoms with Crippen molar-refractivity contribution in [3.63, 3.8) is 0 Å². The van der Waals surface area contributed by atoms with Crippen molar-refractivity contribution in [2.45, 2.75) is 0 Å². The van der Waals surface area contributed by atoms with Crippen molar-refractivity contribution >= 4 is 11.8 Å². The van der Waals surface area contributed by atoms with Crippen LogP contribution in [-0.2, 0) is 9.53 Å². The number of ether oxygens (including phenoxy) is 1. The molecule has 0 saturated carbocycles. The first-order valence-corrected chi connectivity index (χ1v) is 6.18. The average molecular weight is 263 g/mol. The van der Waals surface area contributed by atoms with E-state index in [2.05, 4.69) is 4.98 Å². The molecule has 2 amide bonds. The molecule has 19 heavy (non-hydrogen) atoms. The van der Waals surface area contributed by atoms with Gasteiger partial charge in [0.2, 0.25) is 5.91 Å². The van der Waals surface area contributed by atoms with Crippen LogP contribution in [0.2, 0.25) is 0 Å². The Morgan fingerprint density at radius 2 is 1.95 bits per heavy atom. The van der Waals surface area contributed by atoms with E-state index in [9.17, 15) is 9.59 Å². The maximum atomic E-state index is 12.2. The first-order chi connectivity index (χ1) is 9.22. The molecule has 6 nitrogen and oxygen atoms in total. The van der Waals surface area contributed by atoms with Crippen molar-refractivity contribution < 1.29 is 14.3 Å². The third-order valence-electron chi connectivity index (χ3n) is 3.10. The summed E-state index contributed by atoms with van der Waals surface area (Å²) >= 11 is 0. The number of carbonyl (C=O) groups is 2. The monoisotopic (exact) mass is 263 g/mol. The lowest BCUT2D eigenvalue weighted by molar-refractivity contribution is -0.136. The number of piperazine rings is 1. The Morgan fingerprint density at radius 3 is 2.53 bits per heavy atom. The molecule has 1 aromatic rings. The van der Waals surface area contributed by atoms with Crippen molar-refractivity contribution in [1.29, 1.82) is 0 Å². The van der Waals surface area contributed by atoms with Gasteiger partial charge in [-0.05, 0) is 12.1 Å². The summed E-state index contributed by atoms with van der Waals surface area (Å²) < 4.78 is 4.82. The van der Waals surface area contributed by atoms with E-state index in [1.165, 1.54) is 7.11 Å². The molecular weight excluding hydrogens is 246 g/mol. The van der Waals surface area contributed by atoms with E-state index in [0.717, 1.165) is 0 Å². The zero-order valence-corrected chi connectivity index (χ0v) is 10.9. The molecule has 2 heterocycles. The van der Waals surface area contributed by atoms with Crippen molar-refractivity contribution in [1.82, 2.24) is 14.8 Å². The molecule has 1 saturated heterocycles.